The van der Waals surface area contributed by atoms with Crippen molar-refractivity contribution in [2.75, 3.05) is 13.2 Å². The Kier molecular flexibility index (Phi) is 36.5. The Morgan fingerprint density at radius 3 is 1.27 bits per heavy atom. The summed E-state index contributed by atoms with van der Waals surface area (Å²) >= 11 is 0. The quantitative estimate of drug-likeness (QED) is 0.0335. The summed E-state index contributed by atoms with van der Waals surface area (Å²) in [6.45, 7) is 3.85. The third-order valence-corrected chi connectivity index (χ3v) is 12.0. The maximum atomic E-state index is 13.0. The highest BCUT2D eigenvalue weighted by atomic mass is 16.7. The van der Waals surface area contributed by atoms with E-state index in [0.717, 1.165) is 38.5 Å². The number of ether oxygens (including phenoxy) is 2. The number of hydrogen-bond acceptors (Lipinski definition) is 8. The third kappa shape index (κ3) is 28.6. The second-order valence-corrected chi connectivity index (χ2v) is 17.3. The van der Waals surface area contributed by atoms with E-state index in [2.05, 4.69) is 19.2 Å². The summed E-state index contributed by atoms with van der Waals surface area (Å²) in [4.78, 5) is 13.0. The molecule has 1 rings (SSSR count). The largest absolute Gasteiger partial charge is 0.394 e. The van der Waals surface area contributed by atoms with E-state index in [9.17, 15) is 30.3 Å². The highest BCUT2D eigenvalue weighted by Crippen LogP contribution is 2.23. The molecule has 0 saturated carbocycles. The van der Waals surface area contributed by atoms with E-state index in [1.165, 1.54) is 173 Å². The van der Waals surface area contributed by atoms with E-state index in [-0.39, 0.29) is 12.5 Å². The fourth-order valence-corrected chi connectivity index (χ4v) is 8.04. The van der Waals surface area contributed by atoms with Crippen LogP contribution in [0, 0.1) is 0 Å². The lowest BCUT2D eigenvalue weighted by atomic mass is 9.99. The van der Waals surface area contributed by atoms with Crippen LogP contribution < -0.4 is 5.32 Å². The van der Waals surface area contributed by atoms with Gasteiger partial charge in [-0.2, -0.15) is 0 Å². The topological polar surface area (TPSA) is 149 Å². The van der Waals surface area contributed by atoms with Crippen molar-refractivity contribution in [3.05, 3.63) is 0 Å². The van der Waals surface area contributed by atoms with Crippen LogP contribution in [0.25, 0.3) is 0 Å². The standard InChI is InChI=1S/C47H93NO8/c1-3-5-7-9-11-13-15-17-18-19-20-21-22-23-25-27-29-31-33-35-37-43(51)48-40(39-55-47-46(54)45(53)44(52)42(38-49)56-47)41(50)36-34-32-30-28-26-24-16-14-12-10-8-6-4-2/h40-42,44-47,49-50,52-54H,3-39H2,1-2H3,(H,48,51). The first-order chi connectivity index (χ1) is 27.3. The Morgan fingerprint density at radius 1 is 0.536 bits per heavy atom. The van der Waals surface area contributed by atoms with Gasteiger partial charge < -0.3 is 40.3 Å². The zero-order valence-corrected chi connectivity index (χ0v) is 36.7. The number of rotatable bonds is 41. The van der Waals surface area contributed by atoms with E-state index in [1.54, 1.807) is 0 Å². The zero-order valence-electron chi connectivity index (χ0n) is 36.7. The molecular weight excluding hydrogens is 707 g/mol. The van der Waals surface area contributed by atoms with Gasteiger partial charge in [0.1, 0.15) is 24.4 Å². The molecule has 56 heavy (non-hydrogen) atoms. The van der Waals surface area contributed by atoms with Gasteiger partial charge in [-0.1, -0.05) is 219 Å². The van der Waals surface area contributed by atoms with Gasteiger partial charge in [0.25, 0.3) is 0 Å². The average molecular weight is 800 g/mol. The minimum atomic E-state index is -1.55. The van der Waals surface area contributed by atoms with Gasteiger partial charge in [0.2, 0.25) is 5.91 Å². The van der Waals surface area contributed by atoms with Crippen molar-refractivity contribution >= 4 is 5.91 Å². The molecule has 0 bridgehead atoms. The zero-order chi connectivity index (χ0) is 40.9. The second kappa shape index (κ2) is 38.4. The molecule has 334 valence electrons. The maximum absolute atomic E-state index is 13.0. The molecule has 9 heteroatoms. The molecule has 1 saturated heterocycles. The van der Waals surface area contributed by atoms with Crippen LogP contribution in [0.1, 0.15) is 239 Å². The molecule has 0 radical (unpaired) electrons. The number of hydrogen-bond donors (Lipinski definition) is 6. The Morgan fingerprint density at radius 2 is 0.893 bits per heavy atom. The number of amides is 1. The molecule has 0 aromatic carbocycles. The number of carbonyl (C=O) groups is 1. The molecule has 1 fully saturated rings. The van der Waals surface area contributed by atoms with E-state index < -0.39 is 49.5 Å². The van der Waals surface area contributed by atoms with E-state index in [1.807, 2.05) is 0 Å². The molecule has 1 heterocycles. The van der Waals surface area contributed by atoms with Gasteiger partial charge in [-0.3, -0.25) is 4.79 Å². The van der Waals surface area contributed by atoms with E-state index in [4.69, 9.17) is 9.47 Å². The molecule has 0 spiro atoms. The average Bonchev–Trinajstić information content (AvgIpc) is 3.20. The van der Waals surface area contributed by atoms with Crippen LogP contribution in [0.15, 0.2) is 0 Å². The molecule has 7 unspecified atom stereocenters. The lowest BCUT2D eigenvalue weighted by molar-refractivity contribution is -0.302. The number of aliphatic hydroxyl groups excluding tert-OH is 5. The summed E-state index contributed by atoms with van der Waals surface area (Å²) in [5.41, 5.74) is 0. The second-order valence-electron chi connectivity index (χ2n) is 17.3. The molecule has 9 nitrogen and oxygen atoms in total. The van der Waals surface area contributed by atoms with Crippen molar-refractivity contribution in [1.82, 2.24) is 5.32 Å². The number of nitrogens with one attached hydrogen (secondary N) is 1. The Balaban J connectivity index is 2.26. The van der Waals surface area contributed by atoms with Crippen LogP contribution in [0.2, 0.25) is 0 Å². The van der Waals surface area contributed by atoms with Crippen molar-refractivity contribution in [1.29, 1.82) is 0 Å². The molecular formula is C47H93NO8. The van der Waals surface area contributed by atoms with Crippen molar-refractivity contribution in [2.24, 2.45) is 0 Å². The van der Waals surface area contributed by atoms with Crippen LogP contribution >= 0.6 is 0 Å². The number of carbonyl (C=O) groups excluding carboxylic acids is 1. The summed E-state index contributed by atoms with van der Waals surface area (Å²) in [7, 11) is 0. The molecule has 0 aliphatic carbocycles. The summed E-state index contributed by atoms with van der Waals surface area (Å²) < 4.78 is 11.3. The molecule has 0 aromatic heterocycles. The van der Waals surface area contributed by atoms with Gasteiger partial charge >= 0.3 is 0 Å². The molecule has 1 aliphatic heterocycles. The summed E-state index contributed by atoms with van der Waals surface area (Å²) in [6.07, 6.45) is 35.4. The van der Waals surface area contributed by atoms with Crippen LogP contribution in [-0.4, -0.2) is 87.5 Å². The van der Waals surface area contributed by atoms with Crippen LogP contribution in [0.5, 0.6) is 0 Å². The number of unbranched alkanes of at least 4 members (excludes halogenated alkanes) is 31. The normalized spacial score (nSPS) is 21.0. The minimum absolute atomic E-state index is 0.132. The lowest BCUT2D eigenvalue weighted by Gasteiger charge is -2.40. The maximum Gasteiger partial charge on any atom is 0.220 e. The van der Waals surface area contributed by atoms with E-state index in [0.29, 0.717) is 12.8 Å². The Hall–Kier alpha value is -0.810. The predicted octanol–water partition coefficient (Wildman–Crippen LogP) is 10.3. The van der Waals surface area contributed by atoms with Crippen LogP contribution in [-0.2, 0) is 14.3 Å². The highest BCUT2D eigenvalue weighted by molar-refractivity contribution is 5.76. The minimum Gasteiger partial charge on any atom is -0.394 e. The van der Waals surface area contributed by atoms with E-state index >= 15 is 0 Å². The summed E-state index contributed by atoms with van der Waals surface area (Å²) in [6, 6.07) is -0.711. The molecule has 1 aliphatic rings. The van der Waals surface area contributed by atoms with Gasteiger partial charge in [-0.15, -0.1) is 0 Å². The third-order valence-electron chi connectivity index (χ3n) is 12.0. The van der Waals surface area contributed by atoms with Gasteiger partial charge in [-0.25, -0.2) is 0 Å². The van der Waals surface area contributed by atoms with Gasteiger partial charge in [0.15, 0.2) is 6.29 Å². The van der Waals surface area contributed by atoms with Crippen molar-refractivity contribution in [3.63, 3.8) is 0 Å². The highest BCUT2D eigenvalue weighted by Gasteiger charge is 2.44. The molecule has 7 atom stereocenters. The SMILES string of the molecule is CCCCCCCCCCCCCCCCCCCCCCC(=O)NC(COC1OC(CO)C(O)C(O)C1O)C(O)CCCCCCCCCCCCCCC. The molecule has 1 amide bonds. The predicted molar refractivity (Wildman–Crippen MR) is 231 cm³/mol. The van der Waals surface area contributed by atoms with Gasteiger partial charge in [0, 0.05) is 6.42 Å². The van der Waals surface area contributed by atoms with Crippen LogP contribution in [0.4, 0.5) is 0 Å². The summed E-state index contributed by atoms with van der Waals surface area (Å²) in [5.74, 6) is -0.140. The fraction of sp³-hybridized carbons (Fsp3) is 0.979. The first kappa shape index (κ1) is 53.2. The van der Waals surface area contributed by atoms with Crippen molar-refractivity contribution < 1.29 is 39.8 Å². The van der Waals surface area contributed by atoms with Gasteiger partial charge in [0.05, 0.1) is 25.4 Å². The van der Waals surface area contributed by atoms with Crippen molar-refractivity contribution in [2.45, 2.75) is 281 Å². The molecule has 6 N–H and O–H groups in total. The Bertz CT molecular complexity index is 847. The lowest BCUT2D eigenvalue weighted by Crippen LogP contribution is -2.60. The number of aliphatic hydroxyl groups is 5. The smallest absolute Gasteiger partial charge is 0.220 e. The Labute approximate surface area is 344 Å². The van der Waals surface area contributed by atoms with Gasteiger partial charge in [-0.05, 0) is 12.8 Å². The van der Waals surface area contributed by atoms with Crippen LogP contribution in [0.3, 0.4) is 0 Å². The monoisotopic (exact) mass is 800 g/mol. The first-order valence-corrected chi connectivity index (χ1v) is 24.2. The first-order valence-electron chi connectivity index (χ1n) is 24.2. The van der Waals surface area contributed by atoms with Crippen molar-refractivity contribution in [3.8, 4) is 0 Å². The summed E-state index contributed by atoms with van der Waals surface area (Å²) in [5, 5.41) is 54.4. The molecule has 0 aromatic rings. The fourth-order valence-electron chi connectivity index (χ4n) is 8.04.